The SMILES string of the molecule is Cc1cccc(NC(=S)Nc2nn(Cc3ccc(Cl)cc3)cc2Br)c1C. The van der Waals surface area contributed by atoms with E-state index in [-0.39, 0.29) is 0 Å². The molecular formula is C19H18BrClN4S. The van der Waals surface area contributed by atoms with Gasteiger partial charge in [-0.05, 0) is 76.9 Å². The molecule has 4 nitrogen and oxygen atoms in total. The highest BCUT2D eigenvalue weighted by molar-refractivity contribution is 9.10. The average Bonchev–Trinajstić information content (AvgIpc) is 2.93. The van der Waals surface area contributed by atoms with Crippen LogP contribution in [0.5, 0.6) is 0 Å². The lowest BCUT2D eigenvalue weighted by Crippen LogP contribution is -2.20. The van der Waals surface area contributed by atoms with Crippen LogP contribution in [0.15, 0.2) is 53.1 Å². The number of hydrogen-bond acceptors (Lipinski definition) is 2. The lowest BCUT2D eigenvalue weighted by Gasteiger charge is -2.12. The van der Waals surface area contributed by atoms with E-state index in [0.717, 1.165) is 20.7 Å². The predicted octanol–water partition coefficient (Wildman–Crippen LogP) is 5.77. The molecule has 1 heterocycles. The Morgan fingerprint density at radius 1 is 1.15 bits per heavy atom. The molecule has 0 aliphatic carbocycles. The van der Waals surface area contributed by atoms with Crippen LogP contribution in [0.2, 0.25) is 5.02 Å². The Bertz CT molecular complexity index is 937. The molecule has 0 aliphatic heterocycles. The van der Waals surface area contributed by atoms with Crippen LogP contribution in [0.4, 0.5) is 11.5 Å². The third kappa shape index (κ3) is 4.63. The van der Waals surface area contributed by atoms with Crippen molar-refractivity contribution in [1.82, 2.24) is 9.78 Å². The summed E-state index contributed by atoms with van der Waals surface area (Å²) < 4.78 is 2.69. The summed E-state index contributed by atoms with van der Waals surface area (Å²) in [6.07, 6.45) is 1.91. The molecule has 2 aromatic carbocycles. The summed E-state index contributed by atoms with van der Waals surface area (Å²) in [6.45, 7) is 4.79. The molecule has 0 aliphatic rings. The first-order valence-electron chi connectivity index (χ1n) is 8.04. The summed E-state index contributed by atoms with van der Waals surface area (Å²) >= 11 is 14.9. The van der Waals surface area contributed by atoms with Crippen molar-refractivity contribution in [2.45, 2.75) is 20.4 Å². The molecule has 0 saturated heterocycles. The molecule has 134 valence electrons. The minimum absolute atomic E-state index is 0.496. The minimum atomic E-state index is 0.496. The van der Waals surface area contributed by atoms with Gasteiger partial charge in [-0.25, -0.2) is 0 Å². The fourth-order valence-electron chi connectivity index (χ4n) is 2.49. The Morgan fingerprint density at radius 3 is 2.62 bits per heavy atom. The van der Waals surface area contributed by atoms with Gasteiger partial charge in [0.05, 0.1) is 11.0 Å². The Hall–Kier alpha value is -1.89. The second kappa shape index (κ2) is 8.20. The molecular weight excluding hydrogens is 432 g/mol. The third-order valence-corrected chi connectivity index (χ3v) is 5.10. The molecule has 26 heavy (non-hydrogen) atoms. The lowest BCUT2D eigenvalue weighted by molar-refractivity contribution is 0.689. The maximum atomic E-state index is 5.93. The molecule has 0 unspecified atom stereocenters. The molecule has 3 rings (SSSR count). The van der Waals surface area contributed by atoms with Crippen molar-refractivity contribution in [2.24, 2.45) is 0 Å². The van der Waals surface area contributed by atoms with Crippen LogP contribution in [-0.4, -0.2) is 14.9 Å². The number of halogens is 2. The van der Waals surface area contributed by atoms with Gasteiger partial charge in [-0.15, -0.1) is 0 Å². The summed E-state index contributed by atoms with van der Waals surface area (Å²) in [5.74, 6) is 0.668. The first-order chi connectivity index (χ1) is 12.4. The maximum absolute atomic E-state index is 5.93. The van der Waals surface area contributed by atoms with E-state index in [2.05, 4.69) is 51.6 Å². The highest BCUT2D eigenvalue weighted by atomic mass is 79.9. The zero-order valence-electron chi connectivity index (χ0n) is 14.4. The monoisotopic (exact) mass is 448 g/mol. The first kappa shape index (κ1) is 18.9. The van der Waals surface area contributed by atoms with E-state index >= 15 is 0 Å². The van der Waals surface area contributed by atoms with Crippen molar-refractivity contribution < 1.29 is 0 Å². The highest BCUT2D eigenvalue weighted by Crippen LogP contribution is 2.22. The Kier molecular flexibility index (Phi) is 5.96. The number of aryl methyl sites for hydroxylation is 1. The molecule has 0 amide bonds. The number of aromatic nitrogens is 2. The normalized spacial score (nSPS) is 10.6. The van der Waals surface area contributed by atoms with E-state index in [4.69, 9.17) is 23.8 Å². The topological polar surface area (TPSA) is 41.9 Å². The van der Waals surface area contributed by atoms with Crippen LogP contribution in [0.25, 0.3) is 0 Å². The smallest absolute Gasteiger partial charge is 0.176 e. The Morgan fingerprint density at radius 2 is 1.88 bits per heavy atom. The van der Waals surface area contributed by atoms with Crippen LogP contribution < -0.4 is 10.6 Å². The Labute approximate surface area is 171 Å². The molecule has 7 heteroatoms. The summed E-state index contributed by atoms with van der Waals surface area (Å²) in [6, 6.07) is 13.8. The minimum Gasteiger partial charge on any atom is -0.332 e. The van der Waals surface area contributed by atoms with E-state index in [1.54, 1.807) is 0 Å². The maximum Gasteiger partial charge on any atom is 0.176 e. The summed E-state index contributed by atoms with van der Waals surface area (Å²) in [4.78, 5) is 0. The number of anilines is 2. The molecule has 0 radical (unpaired) electrons. The molecule has 0 atom stereocenters. The number of nitrogens with one attached hydrogen (secondary N) is 2. The van der Waals surface area contributed by atoms with Crippen LogP contribution in [0.1, 0.15) is 16.7 Å². The molecule has 0 saturated carbocycles. The van der Waals surface area contributed by atoms with Crippen molar-refractivity contribution in [3.8, 4) is 0 Å². The van der Waals surface area contributed by atoms with Gasteiger partial charge in [-0.2, -0.15) is 5.10 Å². The van der Waals surface area contributed by atoms with Crippen LogP contribution in [0.3, 0.4) is 0 Å². The quantitative estimate of drug-likeness (QED) is 0.496. The summed E-state index contributed by atoms with van der Waals surface area (Å²) in [7, 11) is 0. The van der Waals surface area contributed by atoms with Crippen molar-refractivity contribution in [2.75, 3.05) is 10.6 Å². The van der Waals surface area contributed by atoms with Crippen LogP contribution >= 0.6 is 39.7 Å². The van der Waals surface area contributed by atoms with Crippen molar-refractivity contribution in [1.29, 1.82) is 0 Å². The molecule has 1 aromatic heterocycles. The fourth-order valence-corrected chi connectivity index (χ4v) is 3.23. The van der Waals surface area contributed by atoms with E-state index in [1.807, 2.05) is 47.3 Å². The van der Waals surface area contributed by atoms with E-state index in [9.17, 15) is 0 Å². The van der Waals surface area contributed by atoms with Gasteiger partial charge >= 0.3 is 0 Å². The van der Waals surface area contributed by atoms with Gasteiger partial charge in [0.2, 0.25) is 0 Å². The molecule has 0 spiro atoms. The van der Waals surface area contributed by atoms with Gasteiger partial charge in [0.25, 0.3) is 0 Å². The highest BCUT2D eigenvalue weighted by Gasteiger charge is 2.10. The number of nitrogens with zero attached hydrogens (tertiary/aromatic N) is 2. The number of hydrogen-bond donors (Lipinski definition) is 2. The fraction of sp³-hybridized carbons (Fsp3) is 0.158. The van der Waals surface area contributed by atoms with Gasteiger partial charge in [-0.1, -0.05) is 35.9 Å². The standard InChI is InChI=1S/C19H18BrClN4S/c1-12-4-3-5-17(13(12)2)22-19(26)23-18-16(20)11-25(24-18)10-14-6-8-15(21)9-7-14/h3-9,11H,10H2,1-2H3,(H2,22,23,24,26). The van der Waals surface area contributed by atoms with Gasteiger partial charge in [0.15, 0.2) is 10.9 Å². The molecule has 0 bridgehead atoms. The number of rotatable bonds is 4. The van der Waals surface area contributed by atoms with Crippen LogP contribution in [0, 0.1) is 13.8 Å². The van der Waals surface area contributed by atoms with Gasteiger partial charge in [-0.3, -0.25) is 4.68 Å². The summed E-state index contributed by atoms with van der Waals surface area (Å²) in [5.41, 5.74) is 4.49. The first-order valence-corrected chi connectivity index (χ1v) is 9.62. The van der Waals surface area contributed by atoms with Crippen molar-refractivity contribution in [3.05, 3.63) is 74.8 Å². The van der Waals surface area contributed by atoms with Gasteiger partial charge in [0, 0.05) is 16.9 Å². The molecule has 0 fully saturated rings. The molecule has 2 N–H and O–H groups in total. The largest absolute Gasteiger partial charge is 0.332 e. The molecule has 3 aromatic rings. The van der Waals surface area contributed by atoms with Gasteiger partial charge in [0.1, 0.15) is 0 Å². The number of benzene rings is 2. The second-order valence-corrected chi connectivity index (χ2v) is 7.68. The Balaban J connectivity index is 1.68. The van der Waals surface area contributed by atoms with Crippen molar-refractivity contribution in [3.63, 3.8) is 0 Å². The lowest BCUT2D eigenvalue weighted by atomic mass is 10.1. The van der Waals surface area contributed by atoms with E-state index < -0.39 is 0 Å². The number of thiocarbonyl (C=S) groups is 1. The summed E-state index contributed by atoms with van der Waals surface area (Å²) in [5, 5.41) is 12.1. The zero-order chi connectivity index (χ0) is 18.7. The zero-order valence-corrected chi connectivity index (χ0v) is 17.5. The van der Waals surface area contributed by atoms with Crippen molar-refractivity contribution >= 4 is 56.4 Å². The average molecular weight is 450 g/mol. The van der Waals surface area contributed by atoms with Gasteiger partial charge < -0.3 is 10.6 Å². The predicted molar refractivity (Wildman–Crippen MR) is 116 cm³/mol. The van der Waals surface area contributed by atoms with Crippen LogP contribution in [-0.2, 0) is 6.54 Å². The van der Waals surface area contributed by atoms with E-state index in [0.29, 0.717) is 17.5 Å². The third-order valence-electron chi connectivity index (χ3n) is 4.06. The van der Waals surface area contributed by atoms with E-state index in [1.165, 1.54) is 11.1 Å². The second-order valence-electron chi connectivity index (χ2n) is 5.98.